The molecule has 0 radical (unpaired) electrons. The second-order valence-corrected chi connectivity index (χ2v) is 3.06. The van der Waals surface area contributed by atoms with E-state index in [9.17, 15) is 4.39 Å². The molecule has 0 bridgehead atoms. The van der Waals surface area contributed by atoms with E-state index in [1.165, 1.54) is 13.8 Å². The second kappa shape index (κ2) is 3.12. The number of aromatic nitrogens is 3. The molecule has 1 heterocycles. The summed E-state index contributed by atoms with van der Waals surface area (Å²) in [7, 11) is 1.63. The topological polar surface area (TPSA) is 76.7 Å². The number of nitrogens with two attached hydrogens (primary N) is 1. The highest BCUT2D eigenvalue weighted by Crippen LogP contribution is 2.21. The number of nitrogens with one attached hydrogen (secondary N) is 1. The van der Waals surface area contributed by atoms with Gasteiger partial charge in [-0.2, -0.15) is 15.0 Å². The van der Waals surface area contributed by atoms with Crippen LogP contribution in [0.15, 0.2) is 0 Å². The van der Waals surface area contributed by atoms with Gasteiger partial charge in [0.25, 0.3) is 0 Å². The monoisotopic (exact) mass is 185 g/mol. The smallest absolute Gasteiger partial charge is 0.227 e. The van der Waals surface area contributed by atoms with E-state index in [2.05, 4.69) is 20.3 Å². The van der Waals surface area contributed by atoms with Crippen molar-refractivity contribution in [1.29, 1.82) is 0 Å². The number of nitrogens with zero attached hydrogens (tertiary/aromatic N) is 3. The molecule has 0 fully saturated rings. The Morgan fingerprint density at radius 3 is 2.38 bits per heavy atom. The summed E-state index contributed by atoms with van der Waals surface area (Å²) in [5, 5.41) is 2.67. The van der Waals surface area contributed by atoms with Gasteiger partial charge in [-0.05, 0) is 13.8 Å². The molecule has 0 aliphatic heterocycles. The second-order valence-electron chi connectivity index (χ2n) is 3.06. The zero-order valence-corrected chi connectivity index (χ0v) is 7.80. The number of hydrogen-bond acceptors (Lipinski definition) is 5. The van der Waals surface area contributed by atoms with Gasteiger partial charge in [-0.3, -0.25) is 0 Å². The number of anilines is 2. The van der Waals surface area contributed by atoms with E-state index < -0.39 is 5.67 Å². The molecule has 0 aliphatic rings. The Morgan fingerprint density at radius 1 is 1.31 bits per heavy atom. The van der Waals surface area contributed by atoms with E-state index >= 15 is 0 Å². The Kier molecular flexibility index (Phi) is 2.31. The number of nitrogen functional groups attached to an aromatic ring is 1. The van der Waals surface area contributed by atoms with Gasteiger partial charge in [0, 0.05) is 7.05 Å². The third-order valence-electron chi connectivity index (χ3n) is 1.41. The molecular weight excluding hydrogens is 173 g/mol. The van der Waals surface area contributed by atoms with Gasteiger partial charge >= 0.3 is 0 Å². The van der Waals surface area contributed by atoms with Crippen LogP contribution in [0.5, 0.6) is 0 Å². The summed E-state index contributed by atoms with van der Waals surface area (Å²) in [5.74, 6) is 0.317. The molecule has 3 N–H and O–H groups in total. The van der Waals surface area contributed by atoms with Crippen molar-refractivity contribution in [2.24, 2.45) is 0 Å². The molecule has 0 atom stereocenters. The van der Waals surface area contributed by atoms with E-state index in [1.807, 2.05) is 0 Å². The normalized spacial score (nSPS) is 11.4. The third kappa shape index (κ3) is 2.24. The van der Waals surface area contributed by atoms with Gasteiger partial charge < -0.3 is 11.1 Å². The summed E-state index contributed by atoms with van der Waals surface area (Å²) in [4.78, 5) is 11.3. The molecule has 1 rings (SSSR count). The van der Waals surface area contributed by atoms with Crippen LogP contribution in [0.3, 0.4) is 0 Å². The van der Waals surface area contributed by atoms with E-state index in [4.69, 9.17) is 5.73 Å². The molecule has 72 valence electrons. The van der Waals surface area contributed by atoms with Crippen molar-refractivity contribution in [3.63, 3.8) is 0 Å². The maximum absolute atomic E-state index is 13.4. The fraction of sp³-hybridized carbons (Fsp3) is 0.571. The van der Waals surface area contributed by atoms with Crippen LogP contribution in [0.25, 0.3) is 0 Å². The minimum atomic E-state index is -1.61. The van der Waals surface area contributed by atoms with Crippen LogP contribution in [-0.4, -0.2) is 22.0 Å². The van der Waals surface area contributed by atoms with Crippen LogP contribution < -0.4 is 11.1 Å². The molecule has 0 aromatic carbocycles. The SMILES string of the molecule is CNc1nc(N)nc(C(C)(C)F)n1. The van der Waals surface area contributed by atoms with Crippen molar-refractivity contribution >= 4 is 11.9 Å². The largest absolute Gasteiger partial charge is 0.368 e. The van der Waals surface area contributed by atoms with Crippen molar-refractivity contribution < 1.29 is 4.39 Å². The molecule has 0 unspecified atom stereocenters. The highest BCUT2D eigenvalue weighted by atomic mass is 19.1. The first-order chi connectivity index (χ1) is 5.93. The molecule has 6 heteroatoms. The van der Waals surface area contributed by atoms with Crippen molar-refractivity contribution in [3.05, 3.63) is 5.82 Å². The predicted molar refractivity (Wildman–Crippen MR) is 47.9 cm³/mol. The Balaban J connectivity index is 3.16. The zero-order valence-electron chi connectivity index (χ0n) is 7.80. The van der Waals surface area contributed by atoms with Crippen LogP contribution in [-0.2, 0) is 5.67 Å². The van der Waals surface area contributed by atoms with E-state index in [-0.39, 0.29) is 17.7 Å². The quantitative estimate of drug-likeness (QED) is 0.709. The summed E-state index contributed by atoms with van der Waals surface area (Å²) in [6, 6.07) is 0. The predicted octanol–water partition coefficient (Wildman–Crippen LogP) is 0.700. The Bertz CT molecular complexity index is 306. The van der Waals surface area contributed by atoms with Gasteiger partial charge in [0.1, 0.15) is 0 Å². The van der Waals surface area contributed by atoms with Gasteiger partial charge in [0.15, 0.2) is 11.5 Å². The van der Waals surface area contributed by atoms with Gasteiger partial charge in [0.2, 0.25) is 11.9 Å². The lowest BCUT2D eigenvalue weighted by atomic mass is 10.1. The number of hydrogen-bond donors (Lipinski definition) is 2. The summed E-state index contributed by atoms with van der Waals surface area (Å²) >= 11 is 0. The summed E-state index contributed by atoms with van der Waals surface area (Å²) < 4.78 is 13.4. The van der Waals surface area contributed by atoms with E-state index in [1.54, 1.807) is 7.05 Å². The molecule has 0 amide bonds. The average molecular weight is 185 g/mol. The molecule has 0 aliphatic carbocycles. The lowest BCUT2D eigenvalue weighted by molar-refractivity contribution is 0.206. The van der Waals surface area contributed by atoms with Crippen LogP contribution in [0.1, 0.15) is 19.7 Å². The Labute approximate surface area is 75.6 Å². The van der Waals surface area contributed by atoms with Gasteiger partial charge in [-0.1, -0.05) is 0 Å². The van der Waals surface area contributed by atoms with Gasteiger partial charge in [-0.15, -0.1) is 0 Å². The van der Waals surface area contributed by atoms with Crippen molar-refractivity contribution in [3.8, 4) is 0 Å². The molecule has 0 saturated heterocycles. The average Bonchev–Trinajstić information content (AvgIpc) is 2.01. The highest BCUT2D eigenvalue weighted by molar-refractivity contribution is 5.31. The first kappa shape index (κ1) is 9.63. The van der Waals surface area contributed by atoms with Gasteiger partial charge in [0.05, 0.1) is 0 Å². The molecular formula is C7H12FN5. The number of rotatable bonds is 2. The van der Waals surface area contributed by atoms with E-state index in [0.29, 0.717) is 0 Å². The van der Waals surface area contributed by atoms with Crippen LogP contribution in [0.2, 0.25) is 0 Å². The van der Waals surface area contributed by atoms with Crippen LogP contribution >= 0.6 is 0 Å². The fourth-order valence-corrected chi connectivity index (χ4v) is 0.770. The zero-order chi connectivity index (χ0) is 10.1. The number of alkyl halides is 1. The first-order valence-electron chi connectivity index (χ1n) is 3.82. The standard InChI is InChI=1S/C7H12FN5/c1-7(2,8)4-11-5(9)13-6(10-3)12-4/h1-3H3,(H3,9,10,11,12,13). The minimum absolute atomic E-state index is 0.0140. The van der Waals surface area contributed by atoms with Gasteiger partial charge in [-0.25, -0.2) is 4.39 Å². The maximum Gasteiger partial charge on any atom is 0.227 e. The summed E-state index contributed by atoms with van der Waals surface area (Å²) in [6.07, 6.45) is 0. The lowest BCUT2D eigenvalue weighted by Crippen LogP contribution is -2.17. The Hall–Kier alpha value is -1.46. The molecule has 5 nitrogen and oxygen atoms in total. The molecule has 1 aromatic rings. The van der Waals surface area contributed by atoms with Crippen LogP contribution in [0, 0.1) is 0 Å². The Morgan fingerprint density at radius 2 is 1.92 bits per heavy atom. The summed E-state index contributed by atoms with van der Waals surface area (Å²) in [5.41, 5.74) is 3.75. The van der Waals surface area contributed by atoms with Crippen LogP contribution in [0.4, 0.5) is 16.3 Å². The minimum Gasteiger partial charge on any atom is -0.368 e. The van der Waals surface area contributed by atoms with E-state index in [0.717, 1.165) is 0 Å². The maximum atomic E-state index is 13.4. The van der Waals surface area contributed by atoms with Crippen molar-refractivity contribution in [2.45, 2.75) is 19.5 Å². The first-order valence-corrected chi connectivity index (χ1v) is 3.82. The number of halogens is 1. The summed E-state index contributed by atoms with van der Waals surface area (Å²) in [6.45, 7) is 2.72. The molecule has 13 heavy (non-hydrogen) atoms. The third-order valence-corrected chi connectivity index (χ3v) is 1.41. The lowest BCUT2D eigenvalue weighted by Gasteiger charge is -2.12. The fourth-order valence-electron chi connectivity index (χ4n) is 0.770. The van der Waals surface area contributed by atoms with Crippen molar-refractivity contribution in [1.82, 2.24) is 15.0 Å². The molecule has 1 aromatic heterocycles. The van der Waals surface area contributed by atoms with Crippen molar-refractivity contribution in [2.75, 3.05) is 18.1 Å². The highest BCUT2D eigenvalue weighted by Gasteiger charge is 2.23. The molecule has 0 spiro atoms. The molecule has 0 saturated carbocycles.